The lowest BCUT2D eigenvalue weighted by atomic mass is 9.84. The monoisotopic (exact) mass is 495 g/mol. The van der Waals surface area contributed by atoms with E-state index in [1.165, 1.54) is 23.9 Å². The molecule has 3 heterocycles. The topological polar surface area (TPSA) is 73.0 Å². The van der Waals surface area contributed by atoms with Crippen LogP contribution in [0.4, 0.5) is 4.39 Å². The molecule has 0 spiro atoms. The van der Waals surface area contributed by atoms with Crippen LogP contribution in [0.15, 0.2) is 59.9 Å². The van der Waals surface area contributed by atoms with Crippen molar-refractivity contribution in [3.63, 3.8) is 0 Å². The van der Waals surface area contributed by atoms with Gasteiger partial charge in [-0.2, -0.15) is 14.5 Å². The molecule has 184 valence electrons. The second-order valence-corrected chi connectivity index (χ2v) is 11.3. The van der Waals surface area contributed by atoms with E-state index in [0.29, 0.717) is 13.1 Å². The molecule has 1 fully saturated rings. The number of hydrogen-bond acceptors (Lipinski definition) is 4. The van der Waals surface area contributed by atoms with E-state index in [2.05, 4.69) is 29.3 Å². The normalized spacial score (nSPS) is 19.4. The molecule has 4 aromatic rings. The Bertz CT molecular complexity index is 1460. The molecule has 1 saturated heterocycles. The molecule has 2 atom stereocenters. The predicted molar refractivity (Wildman–Crippen MR) is 134 cm³/mol. The fraction of sp³-hybridized carbons (Fsp3) is 0.385. The van der Waals surface area contributed by atoms with Gasteiger partial charge in [-0.15, -0.1) is 0 Å². The van der Waals surface area contributed by atoms with Gasteiger partial charge in [-0.05, 0) is 86.6 Å². The Morgan fingerprint density at radius 3 is 2.60 bits per heavy atom. The zero-order chi connectivity index (χ0) is 24.7. The summed E-state index contributed by atoms with van der Waals surface area (Å²) in [5, 5.41) is 9.75. The van der Waals surface area contributed by atoms with E-state index in [1.54, 1.807) is 27.3 Å². The van der Waals surface area contributed by atoms with Crippen LogP contribution in [-0.2, 0) is 16.6 Å². The molecule has 0 N–H and O–H groups in total. The third-order valence-corrected chi connectivity index (χ3v) is 8.92. The third kappa shape index (κ3) is 4.38. The number of fused-ring (bicyclic) bond motifs is 1. The predicted octanol–water partition coefficient (Wildman–Crippen LogP) is 5.04. The molecular formula is C26H30FN5O2S. The van der Waals surface area contributed by atoms with Gasteiger partial charge < -0.3 is 0 Å². The molecular weight excluding hydrogens is 465 g/mol. The maximum Gasteiger partial charge on any atom is 0.246 e. The van der Waals surface area contributed by atoms with E-state index in [0.717, 1.165) is 41.4 Å². The van der Waals surface area contributed by atoms with Crippen molar-refractivity contribution >= 4 is 20.9 Å². The van der Waals surface area contributed by atoms with E-state index < -0.39 is 10.0 Å². The van der Waals surface area contributed by atoms with Crippen molar-refractivity contribution in [3.05, 3.63) is 71.9 Å². The second kappa shape index (κ2) is 9.20. The molecule has 0 aliphatic carbocycles. The van der Waals surface area contributed by atoms with Gasteiger partial charge >= 0.3 is 0 Å². The van der Waals surface area contributed by atoms with E-state index in [4.69, 9.17) is 0 Å². The van der Waals surface area contributed by atoms with Gasteiger partial charge in [0.05, 0.1) is 23.6 Å². The highest BCUT2D eigenvalue weighted by molar-refractivity contribution is 7.89. The van der Waals surface area contributed by atoms with Crippen molar-refractivity contribution in [2.75, 3.05) is 6.54 Å². The maximum absolute atomic E-state index is 13.4. The highest BCUT2D eigenvalue weighted by atomic mass is 32.2. The molecule has 9 heteroatoms. The van der Waals surface area contributed by atoms with Gasteiger partial charge in [-0.3, -0.25) is 4.68 Å². The SMILES string of the molecule is CCCn1cc(S(=O)(=O)N2CCC(c3cc4cnn(-c5ccc(F)cc5)c4cc3C)C[C@H]2C)cn1. The zero-order valence-electron chi connectivity index (χ0n) is 20.2. The number of sulfonamides is 1. The number of piperidine rings is 1. The summed E-state index contributed by atoms with van der Waals surface area (Å²) >= 11 is 0. The Labute approximate surface area is 205 Å². The van der Waals surface area contributed by atoms with Crippen molar-refractivity contribution in [3.8, 4) is 5.69 Å². The van der Waals surface area contributed by atoms with Crippen LogP contribution in [0.25, 0.3) is 16.6 Å². The average molecular weight is 496 g/mol. The van der Waals surface area contributed by atoms with Gasteiger partial charge in [0, 0.05) is 30.7 Å². The molecule has 1 unspecified atom stereocenters. The number of rotatable bonds is 6. The highest BCUT2D eigenvalue weighted by Gasteiger charge is 2.36. The van der Waals surface area contributed by atoms with Crippen LogP contribution in [0.5, 0.6) is 0 Å². The largest absolute Gasteiger partial charge is 0.271 e. The van der Waals surface area contributed by atoms with Gasteiger partial charge in [0.25, 0.3) is 0 Å². The molecule has 7 nitrogen and oxygen atoms in total. The lowest BCUT2D eigenvalue weighted by molar-refractivity contribution is 0.246. The summed E-state index contributed by atoms with van der Waals surface area (Å²) in [6.07, 6.45) is 7.33. The second-order valence-electron chi connectivity index (χ2n) is 9.43. The Morgan fingerprint density at radius 1 is 1.11 bits per heavy atom. The van der Waals surface area contributed by atoms with Crippen molar-refractivity contribution in [1.29, 1.82) is 0 Å². The van der Waals surface area contributed by atoms with Gasteiger partial charge in [-0.1, -0.05) is 6.92 Å². The molecule has 0 saturated carbocycles. The first kappa shape index (κ1) is 23.7. The minimum Gasteiger partial charge on any atom is -0.271 e. The average Bonchev–Trinajstić information content (AvgIpc) is 3.47. The summed E-state index contributed by atoms with van der Waals surface area (Å²) in [4.78, 5) is 0.266. The minimum absolute atomic E-state index is 0.120. The summed E-state index contributed by atoms with van der Waals surface area (Å²) in [6, 6.07) is 10.5. The van der Waals surface area contributed by atoms with Crippen molar-refractivity contribution in [2.24, 2.45) is 0 Å². The summed E-state index contributed by atoms with van der Waals surface area (Å²) in [5.74, 6) is -0.0150. The molecule has 0 amide bonds. The lowest BCUT2D eigenvalue weighted by Gasteiger charge is -2.37. The first-order chi connectivity index (χ1) is 16.8. The number of aryl methyl sites for hydroxylation is 2. The standard InChI is InChI=1S/C26H30FN5O2S/c1-4-10-30-17-24(16-28-30)35(33,34)31-11-9-20(13-19(31)3)25-14-21-15-29-32(26(21)12-18(25)2)23-7-5-22(27)6-8-23/h5-8,12,14-17,19-20H,4,9-11,13H2,1-3H3/t19-,20?/m1/s1. The third-order valence-electron chi connectivity index (χ3n) is 6.95. The van der Waals surface area contributed by atoms with Crippen LogP contribution in [0.1, 0.15) is 50.2 Å². The molecule has 35 heavy (non-hydrogen) atoms. The quantitative estimate of drug-likeness (QED) is 0.376. The fourth-order valence-electron chi connectivity index (χ4n) is 5.18. The van der Waals surface area contributed by atoms with Crippen molar-refractivity contribution < 1.29 is 12.8 Å². The van der Waals surface area contributed by atoms with Gasteiger partial charge in [0.15, 0.2) is 0 Å². The van der Waals surface area contributed by atoms with Crippen LogP contribution < -0.4 is 0 Å². The molecule has 0 radical (unpaired) electrons. The number of halogens is 1. The van der Waals surface area contributed by atoms with Crippen LogP contribution in [0.3, 0.4) is 0 Å². The first-order valence-corrected chi connectivity index (χ1v) is 13.5. The Hall–Kier alpha value is -3.04. The molecule has 5 rings (SSSR count). The maximum atomic E-state index is 13.4. The van der Waals surface area contributed by atoms with Gasteiger partial charge in [0.2, 0.25) is 10.0 Å². The van der Waals surface area contributed by atoms with Crippen molar-refractivity contribution in [2.45, 2.75) is 63.4 Å². The van der Waals surface area contributed by atoms with Crippen LogP contribution in [-0.4, -0.2) is 44.9 Å². The van der Waals surface area contributed by atoms with Crippen molar-refractivity contribution in [1.82, 2.24) is 23.9 Å². The molecule has 1 aliphatic heterocycles. The number of aromatic nitrogens is 4. The smallest absolute Gasteiger partial charge is 0.246 e. The van der Waals surface area contributed by atoms with Crippen LogP contribution in [0.2, 0.25) is 0 Å². The van der Waals surface area contributed by atoms with E-state index in [9.17, 15) is 12.8 Å². The fourth-order valence-corrected chi connectivity index (χ4v) is 6.79. The summed E-state index contributed by atoms with van der Waals surface area (Å²) in [7, 11) is -3.58. The van der Waals surface area contributed by atoms with E-state index in [1.807, 2.05) is 24.7 Å². The first-order valence-electron chi connectivity index (χ1n) is 12.1. The molecule has 2 aromatic heterocycles. The van der Waals surface area contributed by atoms with Gasteiger partial charge in [0.1, 0.15) is 10.7 Å². The zero-order valence-corrected chi connectivity index (χ0v) is 21.0. The summed E-state index contributed by atoms with van der Waals surface area (Å²) < 4.78 is 45.1. The highest BCUT2D eigenvalue weighted by Crippen LogP contribution is 2.37. The van der Waals surface area contributed by atoms with E-state index >= 15 is 0 Å². The Kier molecular flexibility index (Phi) is 6.23. The Morgan fingerprint density at radius 2 is 1.89 bits per heavy atom. The summed E-state index contributed by atoms with van der Waals surface area (Å²) in [6.45, 7) is 7.29. The number of benzene rings is 2. The molecule has 0 bridgehead atoms. The Balaban J connectivity index is 1.38. The van der Waals surface area contributed by atoms with Crippen LogP contribution >= 0.6 is 0 Å². The van der Waals surface area contributed by atoms with E-state index in [-0.39, 0.29) is 22.7 Å². The molecule has 2 aromatic carbocycles. The van der Waals surface area contributed by atoms with Gasteiger partial charge in [-0.25, -0.2) is 17.5 Å². The summed E-state index contributed by atoms with van der Waals surface area (Å²) in [5.41, 5.74) is 4.16. The number of hydrogen-bond donors (Lipinski definition) is 0. The lowest BCUT2D eigenvalue weighted by Crippen LogP contribution is -2.44. The minimum atomic E-state index is -3.58. The van der Waals surface area contributed by atoms with Crippen LogP contribution in [0, 0.1) is 12.7 Å². The number of nitrogens with zero attached hydrogens (tertiary/aromatic N) is 5. The molecule has 1 aliphatic rings.